The summed E-state index contributed by atoms with van der Waals surface area (Å²) >= 11 is 0. The van der Waals surface area contributed by atoms with E-state index in [0.717, 1.165) is 5.56 Å². The van der Waals surface area contributed by atoms with Crippen molar-refractivity contribution in [2.45, 2.75) is 18.8 Å². The molecule has 1 N–H and O–H groups in total. The first-order chi connectivity index (χ1) is 9.22. The average molecular weight is 259 g/mol. The molecule has 2 rings (SSSR count). The molecule has 19 heavy (non-hydrogen) atoms. The number of aliphatic imine (C=N–C) groups is 1. The van der Waals surface area contributed by atoms with Crippen molar-refractivity contribution in [2.75, 3.05) is 13.2 Å². The second-order valence-corrected chi connectivity index (χ2v) is 4.71. The largest absolute Gasteiger partial charge is 0.394 e. The molecule has 1 saturated carbocycles. The van der Waals surface area contributed by atoms with Crippen molar-refractivity contribution in [1.29, 1.82) is 0 Å². The van der Waals surface area contributed by atoms with Gasteiger partial charge in [-0.3, -0.25) is 14.6 Å². The Kier molecular flexibility index (Phi) is 4.58. The summed E-state index contributed by atoms with van der Waals surface area (Å²) in [4.78, 5) is 27.9. The molecule has 1 aromatic carbocycles. The fourth-order valence-corrected chi connectivity index (χ4v) is 2.36. The first-order valence-corrected chi connectivity index (χ1v) is 6.43. The van der Waals surface area contributed by atoms with Gasteiger partial charge in [-0.25, -0.2) is 0 Å². The lowest BCUT2D eigenvalue weighted by atomic mass is 9.77. The van der Waals surface area contributed by atoms with E-state index in [0.29, 0.717) is 12.8 Å². The zero-order valence-corrected chi connectivity index (χ0v) is 10.7. The summed E-state index contributed by atoms with van der Waals surface area (Å²) in [6.07, 6.45) is 2.15. The summed E-state index contributed by atoms with van der Waals surface area (Å²) in [5, 5.41) is 8.63. The molecule has 0 aliphatic heterocycles. The molecular formula is C15H17NO3. The topological polar surface area (TPSA) is 66.7 Å². The van der Waals surface area contributed by atoms with Gasteiger partial charge in [-0.05, 0) is 11.5 Å². The Hall–Kier alpha value is -1.81. The average Bonchev–Trinajstić information content (AvgIpc) is 2.43. The van der Waals surface area contributed by atoms with Gasteiger partial charge in [-0.1, -0.05) is 30.3 Å². The van der Waals surface area contributed by atoms with E-state index in [-0.39, 0.29) is 30.6 Å². The van der Waals surface area contributed by atoms with Crippen LogP contribution in [-0.2, 0) is 9.59 Å². The van der Waals surface area contributed by atoms with Crippen LogP contribution in [0.2, 0.25) is 0 Å². The van der Waals surface area contributed by atoms with Gasteiger partial charge in [0.2, 0.25) is 0 Å². The number of Topliss-reactive ketones (excluding diaryl/α,β-unsaturated/α-hetero) is 2. The van der Waals surface area contributed by atoms with Crippen molar-refractivity contribution in [2.24, 2.45) is 10.9 Å². The molecule has 0 spiro atoms. The maximum atomic E-state index is 12.0. The van der Waals surface area contributed by atoms with Crippen LogP contribution in [0, 0.1) is 5.92 Å². The fourth-order valence-electron chi connectivity index (χ4n) is 2.36. The fraction of sp³-hybridized carbons (Fsp3) is 0.400. The molecule has 0 unspecified atom stereocenters. The number of carbonyl (C=O) groups excluding carboxylic acids is 2. The van der Waals surface area contributed by atoms with Crippen LogP contribution in [-0.4, -0.2) is 36.0 Å². The molecule has 0 bridgehead atoms. The Labute approximate surface area is 112 Å². The number of carbonyl (C=O) groups is 2. The molecule has 4 nitrogen and oxygen atoms in total. The third kappa shape index (κ3) is 3.35. The lowest BCUT2D eigenvalue weighted by Gasteiger charge is -2.24. The van der Waals surface area contributed by atoms with Gasteiger partial charge >= 0.3 is 0 Å². The Morgan fingerprint density at radius 1 is 1.16 bits per heavy atom. The molecule has 0 atom stereocenters. The van der Waals surface area contributed by atoms with Crippen LogP contribution < -0.4 is 0 Å². The van der Waals surface area contributed by atoms with E-state index >= 15 is 0 Å². The van der Waals surface area contributed by atoms with Crippen molar-refractivity contribution in [3.63, 3.8) is 0 Å². The third-order valence-corrected chi connectivity index (χ3v) is 3.34. The van der Waals surface area contributed by atoms with Crippen molar-refractivity contribution in [1.82, 2.24) is 0 Å². The van der Waals surface area contributed by atoms with Gasteiger partial charge in [0.15, 0.2) is 0 Å². The van der Waals surface area contributed by atoms with Gasteiger partial charge in [0.25, 0.3) is 0 Å². The summed E-state index contributed by atoms with van der Waals surface area (Å²) in [6.45, 7) is 0.164. The van der Waals surface area contributed by atoms with E-state index in [1.807, 2.05) is 30.3 Å². The van der Waals surface area contributed by atoms with Crippen molar-refractivity contribution >= 4 is 17.8 Å². The smallest absolute Gasteiger partial charge is 0.149 e. The molecule has 0 saturated heterocycles. The lowest BCUT2D eigenvalue weighted by molar-refractivity contribution is -0.133. The zero-order chi connectivity index (χ0) is 13.7. The van der Waals surface area contributed by atoms with Crippen LogP contribution in [0.25, 0.3) is 0 Å². The highest BCUT2D eigenvalue weighted by Gasteiger charge is 2.34. The van der Waals surface area contributed by atoms with Gasteiger partial charge < -0.3 is 5.11 Å². The zero-order valence-electron chi connectivity index (χ0n) is 10.7. The third-order valence-electron chi connectivity index (χ3n) is 3.34. The monoisotopic (exact) mass is 259 g/mol. The molecule has 4 heteroatoms. The highest BCUT2D eigenvalue weighted by Crippen LogP contribution is 2.31. The molecule has 0 radical (unpaired) electrons. The summed E-state index contributed by atoms with van der Waals surface area (Å²) in [5.74, 6) is -0.881. The van der Waals surface area contributed by atoms with E-state index in [4.69, 9.17) is 5.11 Å². The van der Waals surface area contributed by atoms with E-state index in [9.17, 15) is 9.59 Å². The highest BCUT2D eigenvalue weighted by atomic mass is 16.3. The Balaban J connectivity index is 2.06. The van der Waals surface area contributed by atoms with Gasteiger partial charge in [0, 0.05) is 19.1 Å². The molecule has 1 aromatic rings. The second kappa shape index (κ2) is 6.38. The molecular weight excluding hydrogens is 242 g/mol. The SMILES string of the molecule is O=C1CC(c2ccccc2)CC(=O)C1C=NCCO. The number of benzene rings is 1. The number of nitrogens with zero attached hydrogens (tertiary/aromatic N) is 1. The standard InChI is InChI=1S/C15H17NO3/c17-7-6-16-10-13-14(18)8-12(9-15(13)19)11-4-2-1-3-5-11/h1-5,10,12-13,17H,6-9H2. The number of hydrogen-bond acceptors (Lipinski definition) is 4. The Morgan fingerprint density at radius 3 is 2.37 bits per heavy atom. The summed E-state index contributed by atoms with van der Waals surface area (Å²) in [6, 6.07) is 9.65. The summed E-state index contributed by atoms with van der Waals surface area (Å²) < 4.78 is 0. The maximum Gasteiger partial charge on any atom is 0.149 e. The van der Waals surface area contributed by atoms with Crippen LogP contribution in [0.5, 0.6) is 0 Å². The van der Waals surface area contributed by atoms with Crippen molar-refractivity contribution in [3.05, 3.63) is 35.9 Å². The second-order valence-electron chi connectivity index (χ2n) is 4.71. The Morgan fingerprint density at radius 2 is 1.79 bits per heavy atom. The van der Waals surface area contributed by atoms with Crippen LogP contribution in [0.4, 0.5) is 0 Å². The minimum absolute atomic E-state index is 0.0105. The summed E-state index contributed by atoms with van der Waals surface area (Å²) in [7, 11) is 0. The van der Waals surface area contributed by atoms with Crippen LogP contribution in [0.1, 0.15) is 24.3 Å². The van der Waals surface area contributed by atoms with Crippen molar-refractivity contribution < 1.29 is 14.7 Å². The van der Waals surface area contributed by atoms with E-state index < -0.39 is 5.92 Å². The van der Waals surface area contributed by atoms with Crippen molar-refractivity contribution in [3.8, 4) is 0 Å². The number of ketones is 2. The predicted molar refractivity (Wildman–Crippen MR) is 72.4 cm³/mol. The van der Waals surface area contributed by atoms with Crippen LogP contribution in [0.3, 0.4) is 0 Å². The van der Waals surface area contributed by atoms with Crippen LogP contribution in [0.15, 0.2) is 35.3 Å². The van der Waals surface area contributed by atoms with Gasteiger partial charge in [-0.2, -0.15) is 0 Å². The van der Waals surface area contributed by atoms with Crippen LogP contribution >= 0.6 is 0 Å². The number of aliphatic hydroxyl groups excluding tert-OH is 1. The minimum atomic E-state index is -0.716. The molecule has 1 fully saturated rings. The van der Waals surface area contributed by atoms with Gasteiger partial charge in [-0.15, -0.1) is 0 Å². The van der Waals surface area contributed by atoms with Gasteiger partial charge in [0.1, 0.15) is 17.5 Å². The molecule has 0 heterocycles. The number of hydrogen-bond donors (Lipinski definition) is 1. The van der Waals surface area contributed by atoms with E-state index in [2.05, 4.69) is 4.99 Å². The summed E-state index contributed by atoms with van der Waals surface area (Å²) in [5.41, 5.74) is 1.04. The molecule has 0 aromatic heterocycles. The predicted octanol–water partition coefficient (Wildman–Crippen LogP) is 1.38. The first-order valence-electron chi connectivity index (χ1n) is 6.43. The highest BCUT2D eigenvalue weighted by molar-refractivity contribution is 6.16. The molecule has 1 aliphatic carbocycles. The van der Waals surface area contributed by atoms with E-state index in [1.165, 1.54) is 6.21 Å². The Bertz CT molecular complexity index is 463. The molecule has 0 amide bonds. The minimum Gasteiger partial charge on any atom is -0.394 e. The van der Waals surface area contributed by atoms with E-state index in [1.54, 1.807) is 0 Å². The normalized spacial score (nSPS) is 24.1. The molecule has 1 aliphatic rings. The quantitative estimate of drug-likeness (QED) is 0.656. The number of aliphatic hydroxyl groups is 1. The molecule has 100 valence electrons. The number of rotatable bonds is 4. The maximum absolute atomic E-state index is 12.0. The van der Waals surface area contributed by atoms with Gasteiger partial charge in [0.05, 0.1) is 13.2 Å². The first kappa shape index (κ1) is 13.6. The lowest BCUT2D eigenvalue weighted by Crippen LogP contribution is -2.33.